The number of unbranched alkanes of at least 4 members (excludes halogenated alkanes) is 5. The highest BCUT2D eigenvalue weighted by Crippen LogP contribution is 2.10. The number of carbonyl (C=O) groups excluding carboxylic acids is 1. The third-order valence-corrected chi connectivity index (χ3v) is 2.95. The Balaban J connectivity index is 3.49. The quantitative estimate of drug-likeness (QED) is 0.467. The van der Waals surface area contributed by atoms with Crippen LogP contribution >= 0.6 is 0 Å². The fourth-order valence-electron chi connectivity index (χ4n) is 1.50. The maximum absolute atomic E-state index is 11.3. The Labute approximate surface area is 110 Å². The molecule has 0 fully saturated rings. The highest BCUT2D eigenvalue weighted by molar-refractivity contribution is 5.69. The van der Waals surface area contributed by atoms with E-state index in [1.165, 1.54) is 33.1 Å². The van der Waals surface area contributed by atoms with Gasteiger partial charge in [-0.25, -0.2) is 0 Å². The summed E-state index contributed by atoms with van der Waals surface area (Å²) in [5.74, 6) is -0.297. The zero-order chi connectivity index (χ0) is 14.0. The fourth-order valence-corrected chi connectivity index (χ4v) is 1.50. The number of ether oxygens (including phenoxy) is 1. The molecule has 18 heavy (non-hydrogen) atoms. The second-order valence-corrected chi connectivity index (χ2v) is 5.37. The van der Waals surface area contributed by atoms with Gasteiger partial charge in [-0.1, -0.05) is 39.0 Å². The molecule has 0 heterocycles. The van der Waals surface area contributed by atoms with Crippen LogP contribution in [0.2, 0.25) is 0 Å². The Hall–Kier alpha value is -0.610. The Morgan fingerprint density at radius 1 is 1.17 bits per heavy atom. The molecule has 0 aliphatic heterocycles. The van der Waals surface area contributed by atoms with Crippen molar-refractivity contribution in [3.63, 3.8) is 0 Å². The van der Waals surface area contributed by atoms with Crippen LogP contribution in [0.3, 0.4) is 0 Å². The van der Waals surface area contributed by atoms with Gasteiger partial charge in [-0.15, -0.1) is 0 Å². The van der Waals surface area contributed by atoms with Crippen molar-refractivity contribution >= 4 is 5.97 Å². The third kappa shape index (κ3) is 9.42. The zero-order valence-corrected chi connectivity index (χ0v) is 11.9. The molecule has 4 heteroatoms. The van der Waals surface area contributed by atoms with Gasteiger partial charge in [0.2, 0.25) is 0 Å². The van der Waals surface area contributed by atoms with Crippen molar-refractivity contribution in [2.24, 2.45) is 0 Å². The van der Waals surface area contributed by atoms with E-state index in [4.69, 9.17) is 4.74 Å². The molecule has 4 nitrogen and oxygen atoms in total. The molecule has 0 spiro atoms. The van der Waals surface area contributed by atoms with E-state index in [2.05, 4.69) is 6.92 Å². The van der Waals surface area contributed by atoms with E-state index in [1.54, 1.807) is 0 Å². The van der Waals surface area contributed by atoms with E-state index in [1.807, 2.05) is 0 Å². The van der Waals surface area contributed by atoms with Gasteiger partial charge in [-0.05, 0) is 20.3 Å². The standard InChI is InChI=1S/C14H28O4/c1-4-5-6-7-8-9-10-13(16)18-11-12(15)14(2,3)17/h12,15,17H,4-11H2,1-3H3. The number of esters is 1. The van der Waals surface area contributed by atoms with Crippen LogP contribution in [0.15, 0.2) is 0 Å². The van der Waals surface area contributed by atoms with Crippen molar-refractivity contribution in [3.8, 4) is 0 Å². The molecule has 0 radical (unpaired) electrons. The van der Waals surface area contributed by atoms with Crippen LogP contribution in [-0.4, -0.2) is 34.5 Å². The average molecular weight is 260 g/mol. The minimum absolute atomic E-state index is 0.141. The molecule has 0 amide bonds. The Kier molecular flexibility index (Phi) is 9.02. The largest absolute Gasteiger partial charge is 0.463 e. The number of rotatable bonds is 10. The van der Waals surface area contributed by atoms with E-state index in [0.29, 0.717) is 6.42 Å². The lowest BCUT2D eigenvalue weighted by Crippen LogP contribution is -2.39. The first-order chi connectivity index (χ1) is 8.38. The summed E-state index contributed by atoms with van der Waals surface area (Å²) in [6.45, 7) is 5.00. The van der Waals surface area contributed by atoms with Gasteiger partial charge in [0.25, 0.3) is 0 Å². The maximum Gasteiger partial charge on any atom is 0.305 e. The first kappa shape index (κ1) is 17.4. The summed E-state index contributed by atoms with van der Waals surface area (Å²) < 4.78 is 4.91. The lowest BCUT2D eigenvalue weighted by molar-refractivity contribution is -0.152. The molecule has 0 aliphatic rings. The van der Waals surface area contributed by atoms with Crippen LogP contribution in [0, 0.1) is 0 Å². The maximum atomic E-state index is 11.3. The highest BCUT2D eigenvalue weighted by atomic mass is 16.5. The number of aliphatic hydroxyl groups excluding tert-OH is 1. The van der Waals surface area contributed by atoms with Crippen LogP contribution in [-0.2, 0) is 9.53 Å². The molecule has 0 aliphatic carbocycles. The van der Waals surface area contributed by atoms with Crippen molar-refractivity contribution in [3.05, 3.63) is 0 Å². The number of aliphatic hydroxyl groups is 2. The van der Waals surface area contributed by atoms with Crippen LogP contribution in [0.1, 0.15) is 65.7 Å². The molecule has 0 aromatic carbocycles. The minimum atomic E-state index is -1.24. The van der Waals surface area contributed by atoms with Crippen molar-refractivity contribution in [1.82, 2.24) is 0 Å². The van der Waals surface area contributed by atoms with E-state index >= 15 is 0 Å². The van der Waals surface area contributed by atoms with Crippen LogP contribution < -0.4 is 0 Å². The molecule has 1 unspecified atom stereocenters. The highest BCUT2D eigenvalue weighted by Gasteiger charge is 2.25. The molecule has 1 atom stereocenters. The molecule has 0 saturated carbocycles. The normalized spacial score (nSPS) is 13.4. The lowest BCUT2D eigenvalue weighted by atomic mass is 10.0. The number of hydrogen-bond donors (Lipinski definition) is 2. The van der Waals surface area contributed by atoms with Gasteiger partial charge in [0.05, 0.1) is 5.60 Å². The first-order valence-corrected chi connectivity index (χ1v) is 6.94. The van der Waals surface area contributed by atoms with Crippen molar-refractivity contribution in [1.29, 1.82) is 0 Å². The second kappa shape index (κ2) is 9.34. The van der Waals surface area contributed by atoms with E-state index < -0.39 is 11.7 Å². The Bertz CT molecular complexity index is 220. The van der Waals surface area contributed by atoms with Crippen LogP contribution in [0.25, 0.3) is 0 Å². The second-order valence-electron chi connectivity index (χ2n) is 5.37. The smallest absolute Gasteiger partial charge is 0.305 e. The summed E-state index contributed by atoms with van der Waals surface area (Å²) >= 11 is 0. The van der Waals surface area contributed by atoms with Crippen LogP contribution in [0.5, 0.6) is 0 Å². The molecular weight excluding hydrogens is 232 g/mol. The van der Waals surface area contributed by atoms with Gasteiger partial charge in [-0.2, -0.15) is 0 Å². The summed E-state index contributed by atoms with van der Waals surface area (Å²) in [4.78, 5) is 11.3. The summed E-state index contributed by atoms with van der Waals surface area (Å²) in [7, 11) is 0. The summed E-state index contributed by atoms with van der Waals surface area (Å²) in [6.07, 6.45) is 6.09. The van der Waals surface area contributed by atoms with E-state index in [-0.39, 0.29) is 12.6 Å². The summed E-state index contributed by atoms with van der Waals surface area (Å²) in [6, 6.07) is 0. The zero-order valence-electron chi connectivity index (χ0n) is 11.9. The predicted molar refractivity (Wildman–Crippen MR) is 71.3 cm³/mol. The van der Waals surface area contributed by atoms with Gasteiger partial charge in [0, 0.05) is 6.42 Å². The van der Waals surface area contributed by atoms with Crippen molar-refractivity contribution in [2.75, 3.05) is 6.61 Å². The molecule has 0 rings (SSSR count). The summed E-state index contributed by atoms with van der Waals surface area (Å²) in [5.41, 5.74) is -1.24. The SMILES string of the molecule is CCCCCCCCC(=O)OCC(O)C(C)(C)O. The Morgan fingerprint density at radius 3 is 2.28 bits per heavy atom. The molecule has 0 aromatic rings. The monoisotopic (exact) mass is 260 g/mol. The van der Waals surface area contributed by atoms with Gasteiger partial charge in [0.1, 0.15) is 12.7 Å². The third-order valence-electron chi connectivity index (χ3n) is 2.95. The van der Waals surface area contributed by atoms with Crippen LogP contribution in [0.4, 0.5) is 0 Å². The lowest BCUT2D eigenvalue weighted by Gasteiger charge is -2.23. The Morgan fingerprint density at radius 2 is 1.72 bits per heavy atom. The molecular formula is C14H28O4. The van der Waals surface area contributed by atoms with Crippen molar-refractivity contribution < 1.29 is 19.7 Å². The van der Waals surface area contributed by atoms with Gasteiger partial charge >= 0.3 is 5.97 Å². The predicted octanol–water partition coefficient (Wildman–Crippen LogP) is 2.41. The van der Waals surface area contributed by atoms with Gasteiger partial charge in [0.15, 0.2) is 0 Å². The first-order valence-electron chi connectivity index (χ1n) is 6.94. The van der Waals surface area contributed by atoms with E-state index in [9.17, 15) is 15.0 Å². The van der Waals surface area contributed by atoms with Gasteiger partial charge in [-0.3, -0.25) is 4.79 Å². The minimum Gasteiger partial charge on any atom is -0.463 e. The number of hydrogen-bond acceptors (Lipinski definition) is 4. The molecule has 0 saturated heterocycles. The molecule has 0 bridgehead atoms. The number of carbonyl (C=O) groups is 1. The summed E-state index contributed by atoms with van der Waals surface area (Å²) in [5, 5.41) is 18.9. The van der Waals surface area contributed by atoms with Gasteiger partial charge < -0.3 is 14.9 Å². The molecule has 2 N–H and O–H groups in total. The van der Waals surface area contributed by atoms with Crippen molar-refractivity contribution in [2.45, 2.75) is 77.4 Å². The average Bonchev–Trinajstić information content (AvgIpc) is 2.29. The topological polar surface area (TPSA) is 66.8 Å². The molecule has 108 valence electrons. The fraction of sp³-hybridized carbons (Fsp3) is 0.929. The molecule has 0 aromatic heterocycles. The van der Waals surface area contributed by atoms with E-state index in [0.717, 1.165) is 19.3 Å².